The molecule has 6 nitrogen and oxygen atoms in total. The highest BCUT2D eigenvalue weighted by Gasteiger charge is 2.33. The molecule has 0 radical (unpaired) electrons. The highest BCUT2D eigenvalue weighted by atomic mass is 127. The van der Waals surface area contributed by atoms with Crippen LogP contribution in [0.1, 0.15) is 57.9 Å². The average Bonchev–Trinajstić information content (AvgIpc) is 3.21. The van der Waals surface area contributed by atoms with Gasteiger partial charge in [0, 0.05) is 33.4 Å². The summed E-state index contributed by atoms with van der Waals surface area (Å²) >= 11 is 0. The third kappa shape index (κ3) is 8.49. The molecule has 0 aromatic heterocycles. The standard InChI is InChI=1S/C23H39N3O3.HI/c1-5-14-29-20-10-9-19(16-21(20)27-4)17-25-22(24-3)26-18-23(11-7-8-12-23)13-15-28-6-2;/h9-10,16H,5-8,11-15,17-18H2,1-4H3,(H2,24,25,26);1H. The van der Waals surface area contributed by atoms with E-state index in [2.05, 4.69) is 35.5 Å². The number of hydrogen-bond acceptors (Lipinski definition) is 4. The molecule has 0 bridgehead atoms. The predicted octanol–water partition coefficient (Wildman–Crippen LogP) is 4.75. The van der Waals surface area contributed by atoms with Gasteiger partial charge in [-0.25, -0.2) is 0 Å². The van der Waals surface area contributed by atoms with E-state index < -0.39 is 0 Å². The van der Waals surface area contributed by atoms with E-state index in [-0.39, 0.29) is 24.0 Å². The predicted molar refractivity (Wildman–Crippen MR) is 134 cm³/mol. The van der Waals surface area contributed by atoms with Crippen molar-refractivity contribution in [1.82, 2.24) is 10.6 Å². The smallest absolute Gasteiger partial charge is 0.191 e. The lowest BCUT2D eigenvalue weighted by molar-refractivity contribution is 0.105. The molecular formula is C23H40IN3O3. The van der Waals surface area contributed by atoms with Crippen LogP contribution in [0.5, 0.6) is 11.5 Å². The average molecular weight is 533 g/mol. The van der Waals surface area contributed by atoms with E-state index in [9.17, 15) is 0 Å². The van der Waals surface area contributed by atoms with Crippen molar-refractivity contribution < 1.29 is 14.2 Å². The summed E-state index contributed by atoms with van der Waals surface area (Å²) in [6, 6.07) is 6.06. The summed E-state index contributed by atoms with van der Waals surface area (Å²) < 4.78 is 16.8. The quantitative estimate of drug-likeness (QED) is 0.176. The molecule has 1 aromatic rings. The fourth-order valence-electron chi connectivity index (χ4n) is 3.90. The molecule has 0 unspecified atom stereocenters. The molecule has 30 heavy (non-hydrogen) atoms. The van der Waals surface area contributed by atoms with Gasteiger partial charge in [-0.15, -0.1) is 24.0 Å². The molecule has 1 aromatic carbocycles. The summed E-state index contributed by atoms with van der Waals surface area (Å²) in [4.78, 5) is 4.40. The summed E-state index contributed by atoms with van der Waals surface area (Å²) in [5, 5.41) is 6.96. The molecule has 1 aliphatic rings. The van der Waals surface area contributed by atoms with Gasteiger partial charge in [0.15, 0.2) is 17.5 Å². The topological polar surface area (TPSA) is 64.1 Å². The van der Waals surface area contributed by atoms with E-state index in [0.717, 1.165) is 55.6 Å². The van der Waals surface area contributed by atoms with Gasteiger partial charge in [-0.2, -0.15) is 0 Å². The number of guanidine groups is 1. The molecule has 0 amide bonds. The second kappa shape index (κ2) is 14.7. The summed E-state index contributed by atoms with van der Waals surface area (Å²) in [6.07, 6.45) is 7.24. The van der Waals surface area contributed by atoms with Gasteiger partial charge in [-0.05, 0) is 55.7 Å². The number of hydrogen-bond donors (Lipinski definition) is 2. The number of ether oxygens (including phenoxy) is 3. The Morgan fingerprint density at radius 3 is 2.50 bits per heavy atom. The summed E-state index contributed by atoms with van der Waals surface area (Å²) in [5.74, 6) is 2.39. The molecule has 7 heteroatoms. The third-order valence-electron chi connectivity index (χ3n) is 5.65. The fourth-order valence-corrected chi connectivity index (χ4v) is 3.90. The molecule has 0 heterocycles. The van der Waals surface area contributed by atoms with Crippen LogP contribution in [0.3, 0.4) is 0 Å². The molecule has 172 valence electrons. The van der Waals surface area contributed by atoms with E-state index in [1.54, 1.807) is 7.11 Å². The van der Waals surface area contributed by atoms with Gasteiger partial charge in [0.1, 0.15) is 0 Å². The lowest BCUT2D eigenvalue weighted by atomic mass is 9.83. The zero-order valence-corrected chi connectivity index (χ0v) is 21.4. The Hall–Kier alpha value is -1.22. The van der Waals surface area contributed by atoms with Crippen molar-refractivity contribution in [2.24, 2.45) is 10.4 Å². The molecule has 0 atom stereocenters. The maximum Gasteiger partial charge on any atom is 0.191 e. The maximum atomic E-state index is 5.73. The zero-order chi connectivity index (χ0) is 21.0. The van der Waals surface area contributed by atoms with E-state index >= 15 is 0 Å². The molecule has 1 aliphatic carbocycles. The van der Waals surface area contributed by atoms with Crippen molar-refractivity contribution in [1.29, 1.82) is 0 Å². The Bertz CT molecular complexity index is 634. The first-order chi connectivity index (χ1) is 14.2. The molecular weight excluding hydrogens is 493 g/mol. The van der Waals surface area contributed by atoms with Crippen molar-refractivity contribution in [3.63, 3.8) is 0 Å². The molecule has 0 saturated heterocycles. The summed E-state index contributed by atoms with van der Waals surface area (Å²) in [5.41, 5.74) is 1.45. The fraction of sp³-hybridized carbons (Fsp3) is 0.696. The molecule has 1 fully saturated rings. The first kappa shape index (κ1) is 26.8. The van der Waals surface area contributed by atoms with E-state index in [4.69, 9.17) is 14.2 Å². The minimum Gasteiger partial charge on any atom is -0.493 e. The van der Waals surface area contributed by atoms with E-state index in [0.29, 0.717) is 18.6 Å². The van der Waals surface area contributed by atoms with E-state index in [1.165, 1.54) is 25.7 Å². The first-order valence-corrected chi connectivity index (χ1v) is 11.0. The van der Waals surface area contributed by atoms with Gasteiger partial charge in [-0.3, -0.25) is 4.99 Å². The number of aliphatic imine (C=N–C) groups is 1. The zero-order valence-electron chi connectivity index (χ0n) is 19.1. The Morgan fingerprint density at radius 1 is 1.10 bits per heavy atom. The van der Waals surface area contributed by atoms with Crippen LogP contribution >= 0.6 is 24.0 Å². The number of nitrogens with one attached hydrogen (secondary N) is 2. The number of methoxy groups -OCH3 is 1. The number of halogens is 1. The molecule has 0 spiro atoms. The van der Waals surface area contributed by atoms with E-state index in [1.807, 2.05) is 19.2 Å². The minimum absolute atomic E-state index is 0. The Morgan fingerprint density at radius 2 is 1.87 bits per heavy atom. The molecule has 2 rings (SSSR count). The number of nitrogens with zero attached hydrogens (tertiary/aromatic N) is 1. The van der Waals surface area contributed by atoms with Gasteiger partial charge in [0.05, 0.1) is 13.7 Å². The first-order valence-electron chi connectivity index (χ1n) is 11.0. The van der Waals surface area contributed by atoms with Crippen molar-refractivity contribution >= 4 is 29.9 Å². The SMILES string of the molecule is CCCOc1ccc(CNC(=NC)NCC2(CCOCC)CCCC2)cc1OC.I. The van der Waals surface area contributed by atoms with Crippen LogP contribution in [-0.2, 0) is 11.3 Å². The van der Waals surface area contributed by atoms with Gasteiger partial charge >= 0.3 is 0 Å². The van der Waals surface area contributed by atoms with Gasteiger partial charge in [0.2, 0.25) is 0 Å². The van der Waals surface area contributed by atoms with Crippen LogP contribution < -0.4 is 20.1 Å². The third-order valence-corrected chi connectivity index (χ3v) is 5.65. The highest BCUT2D eigenvalue weighted by molar-refractivity contribution is 14.0. The van der Waals surface area contributed by atoms with Crippen LogP contribution in [0.25, 0.3) is 0 Å². The molecule has 0 aliphatic heterocycles. The molecule has 1 saturated carbocycles. The van der Waals surface area contributed by atoms with Gasteiger partial charge in [0.25, 0.3) is 0 Å². The second-order valence-electron chi connectivity index (χ2n) is 7.77. The van der Waals surface area contributed by atoms with Crippen molar-refractivity contribution in [2.75, 3.05) is 40.5 Å². The van der Waals surface area contributed by atoms with Crippen LogP contribution in [0.2, 0.25) is 0 Å². The monoisotopic (exact) mass is 533 g/mol. The minimum atomic E-state index is 0. The van der Waals surface area contributed by atoms with Crippen LogP contribution in [0, 0.1) is 5.41 Å². The lowest BCUT2D eigenvalue weighted by Gasteiger charge is -2.30. The van der Waals surface area contributed by atoms with Crippen molar-refractivity contribution in [3.05, 3.63) is 23.8 Å². The van der Waals surface area contributed by atoms with Crippen LogP contribution in [0.4, 0.5) is 0 Å². The highest BCUT2D eigenvalue weighted by Crippen LogP contribution is 2.40. The maximum absolute atomic E-state index is 5.73. The number of benzene rings is 1. The normalized spacial score (nSPS) is 15.4. The van der Waals surface area contributed by atoms with Crippen LogP contribution in [0.15, 0.2) is 23.2 Å². The number of rotatable bonds is 12. The molecule has 2 N–H and O–H groups in total. The summed E-state index contributed by atoms with van der Waals surface area (Å²) in [7, 11) is 3.49. The van der Waals surface area contributed by atoms with Gasteiger partial charge in [-0.1, -0.05) is 25.8 Å². The Balaban J connectivity index is 0.00000450. The van der Waals surface area contributed by atoms with Crippen molar-refractivity contribution in [3.8, 4) is 11.5 Å². The van der Waals surface area contributed by atoms with Crippen LogP contribution in [-0.4, -0.2) is 46.5 Å². The Labute approximate surface area is 199 Å². The summed E-state index contributed by atoms with van der Waals surface area (Å²) in [6.45, 7) is 8.09. The van der Waals surface area contributed by atoms with Crippen molar-refractivity contribution in [2.45, 2.75) is 58.9 Å². The lowest BCUT2D eigenvalue weighted by Crippen LogP contribution is -2.43. The second-order valence-corrected chi connectivity index (χ2v) is 7.77. The Kier molecular flexibility index (Phi) is 13.2. The van der Waals surface area contributed by atoms with Gasteiger partial charge < -0.3 is 24.8 Å². The largest absolute Gasteiger partial charge is 0.493 e.